The fourth-order valence-electron chi connectivity index (χ4n) is 3.14. The number of carbonyl (C=O) groups is 1. The van der Waals surface area contributed by atoms with E-state index in [1.165, 1.54) is 5.56 Å². The van der Waals surface area contributed by atoms with Crippen molar-refractivity contribution < 1.29 is 14.3 Å². The van der Waals surface area contributed by atoms with Gasteiger partial charge in [-0.2, -0.15) is 11.3 Å². The number of rotatable bonds is 4. The second-order valence-electron chi connectivity index (χ2n) is 6.19. The zero-order chi connectivity index (χ0) is 15.4. The predicted molar refractivity (Wildman–Crippen MR) is 86.2 cm³/mol. The molecule has 2 amide bonds. The van der Waals surface area contributed by atoms with E-state index in [9.17, 15) is 4.79 Å². The molecule has 1 atom stereocenters. The van der Waals surface area contributed by atoms with E-state index in [1.54, 1.807) is 11.3 Å². The van der Waals surface area contributed by atoms with Gasteiger partial charge in [0.15, 0.2) is 5.79 Å². The summed E-state index contributed by atoms with van der Waals surface area (Å²) in [6.07, 6.45) is 3.55. The van der Waals surface area contributed by atoms with Crippen LogP contribution in [0.25, 0.3) is 0 Å². The van der Waals surface area contributed by atoms with Gasteiger partial charge in [0.25, 0.3) is 0 Å². The average molecular weight is 324 g/mol. The van der Waals surface area contributed by atoms with Gasteiger partial charge in [0, 0.05) is 25.4 Å². The Morgan fingerprint density at radius 2 is 2.14 bits per heavy atom. The number of amides is 2. The van der Waals surface area contributed by atoms with Gasteiger partial charge in [-0.1, -0.05) is 6.92 Å². The van der Waals surface area contributed by atoms with Crippen LogP contribution in [0.1, 0.15) is 44.1 Å². The van der Waals surface area contributed by atoms with Crippen LogP contribution in [0.15, 0.2) is 16.8 Å². The monoisotopic (exact) mass is 324 g/mol. The summed E-state index contributed by atoms with van der Waals surface area (Å²) < 4.78 is 11.4. The molecule has 1 saturated heterocycles. The molecule has 0 bridgehead atoms. The third-order valence-electron chi connectivity index (χ3n) is 4.58. The molecule has 1 aliphatic carbocycles. The zero-order valence-electron chi connectivity index (χ0n) is 13.0. The minimum absolute atomic E-state index is 0.0729. The lowest BCUT2D eigenvalue weighted by Crippen LogP contribution is -2.47. The summed E-state index contributed by atoms with van der Waals surface area (Å²) in [5.74, 6) is -0.0193. The highest BCUT2D eigenvalue weighted by Crippen LogP contribution is 2.35. The molecule has 122 valence electrons. The summed E-state index contributed by atoms with van der Waals surface area (Å²) >= 11 is 1.69. The molecule has 0 radical (unpaired) electrons. The van der Waals surface area contributed by atoms with E-state index >= 15 is 0 Å². The van der Waals surface area contributed by atoms with Crippen LogP contribution >= 0.6 is 11.3 Å². The predicted octanol–water partition coefficient (Wildman–Crippen LogP) is 2.84. The molecule has 2 fully saturated rings. The topological polar surface area (TPSA) is 59.6 Å². The molecule has 1 spiro atoms. The average Bonchev–Trinajstić information content (AvgIpc) is 3.20. The van der Waals surface area contributed by atoms with E-state index in [0.29, 0.717) is 25.7 Å². The fourth-order valence-corrected chi connectivity index (χ4v) is 3.93. The summed E-state index contributed by atoms with van der Waals surface area (Å²) in [5, 5.41) is 10.2. The Hall–Kier alpha value is -1.11. The lowest BCUT2D eigenvalue weighted by molar-refractivity contribution is -0.179. The van der Waals surface area contributed by atoms with E-state index in [-0.39, 0.29) is 17.9 Å². The third-order valence-corrected chi connectivity index (χ3v) is 5.28. The summed E-state index contributed by atoms with van der Waals surface area (Å²) in [6.45, 7) is 4.17. The van der Waals surface area contributed by atoms with Crippen molar-refractivity contribution in [3.8, 4) is 0 Å². The number of hydrogen-bond acceptors (Lipinski definition) is 4. The Kier molecular flexibility index (Phi) is 5.00. The molecule has 1 aromatic rings. The number of hydrogen-bond donors (Lipinski definition) is 2. The van der Waals surface area contributed by atoms with Gasteiger partial charge in [0.2, 0.25) is 0 Å². The largest absolute Gasteiger partial charge is 0.348 e. The zero-order valence-corrected chi connectivity index (χ0v) is 13.8. The first kappa shape index (κ1) is 15.8. The van der Waals surface area contributed by atoms with Gasteiger partial charge in [0.1, 0.15) is 0 Å². The highest BCUT2D eigenvalue weighted by Gasteiger charge is 2.40. The van der Waals surface area contributed by atoms with E-state index in [1.807, 2.05) is 0 Å². The second-order valence-corrected chi connectivity index (χ2v) is 6.97. The molecule has 2 N–H and O–H groups in total. The molecule has 1 aliphatic heterocycles. The number of carbonyl (C=O) groups excluding carboxylic acids is 1. The Bertz CT molecular complexity index is 476. The molecule has 2 heterocycles. The summed E-state index contributed by atoms with van der Waals surface area (Å²) in [7, 11) is 0. The maximum atomic E-state index is 12.0. The molecule has 1 aromatic heterocycles. The smallest absolute Gasteiger partial charge is 0.315 e. The Morgan fingerprint density at radius 1 is 1.41 bits per heavy atom. The van der Waals surface area contributed by atoms with Crippen molar-refractivity contribution in [2.45, 2.75) is 50.4 Å². The van der Waals surface area contributed by atoms with Crippen molar-refractivity contribution in [1.82, 2.24) is 10.6 Å². The van der Waals surface area contributed by atoms with E-state index in [4.69, 9.17) is 9.47 Å². The number of ether oxygens (including phenoxy) is 2. The van der Waals surface area contributed by atoms with Crippen LogP contribution in [0.5, 0.6) is 0 Å². The Balaban J connectivity index is 1.37. The van der Waals surface area contributed by atoms with Crippen LogP contribution in [0.3, 0.4) is 0 Å². The van der Waals surface area contributed by atoms with Crippen molar-refractivity contribution in [2.75, 3.05) is 19.8 Å². The van der Waals surface area contributed by atoms with Crippen LogP contribution in [0.4, 0.5) is 4.79 Å². The molecule has 0 aromatic carbocycles. The van der Waals surface area contributed by atoms with Crippen molar-refractivity contribution in [3.05, 3.63) is 22.4 Å². The van der Waals surface area contributed by atoms with Gasteiger partial charge in [0.05, 0.1) is 13.2 Å². The standard InChI is InChI=1S/C16H24N2O3S/c1-12(13-4-9-22-11-13)10-17-15(19)18-14-2-5-16(6-3-14)20-7-8-21-16/h4,9,11-12,14H,2-3,5-8,10H2,1H3,(H2,17,18,19). The van der Waals surface area contributed by atoms with Crippen LogP contribution < -0.4 is 10.6 Å². The van der Waals surface area contributed by atoms with Gasteiger partial charge >= 0.3 is 6.03 Å². The van der Waals surface area contributed by atoms with E-state index in [0.717, 1.165) is 25.7 Å². The molecular formula is C16H24N2O3S. The Labute approximate surface area is 135 Å². The molecule has 3 rings (SSSR count). The van der Waals surface area contributed by atoms with Gasteiger partial charge < -0.3 is 20.1 Å². The first-order valence-corrected chi connectivity index (χ1v) is 8.95. The van der Waals surface area contributed by atoms with Crippen LogP contribution in [0.2, 0.25) is 0 Å². The Morgan fingerprint density at radius 3 is 2.77 bits per heavy atom. The summed E-state index contributed by atoms with van der Waals surface area (Å²) in [5.41, 5.74) is 1.28. The molecule has 6 heteroatoms. The highest BCUT2D eigenvalue weighted by atomic mass is 32.1. The van der Waals surface area contributed by atoms with Crippen LogP contribution in [0, 0.1) is 0 Å². The minimum atomic E-state index is -0.359. The van der Waals surface area contributed by atoms with Crippen molar-refractivity contribution in [2.24, 2.45) is 0 Å². The molecule has 1 saturated carbocycles. The molecular weight excluding hydrogens is 300 g/mol. The number of nitrogens with one attached hydrogen (secondary N) is 2. The highest BCUT2D eigenvalue weighted by molar-refractivity contribution is 7.07. The van der Waals surface area contributed by atoms with Gasteiger partial charge in [-0.25, -0.2) is 4.79 Å². The fraction of sp³-hybridized carbons (Fsp3) is 0.688. The maximum Gasteiger partial charge on any atom is 0.315 e. The first-order chi connectivity index (χ1) is 10.7. The van der Waals surface area contributed by atoms with E-state index in [2.05, 4.69) is 34.4 Å². The van der Waals surface area contributed by atoms with Crippen molar-refractivity contribution in [3.63, 3.8) is 0 Å². The number of urea groups is 1. The van der Waals surface area contributed by atoms with E-state index < -0.39 is 0 Å². The first-order valence-electron chi connectivity index (χ1n) is 8.01. The van der Waals surface area contributed by atoms with Crippen LogP contribution in [-0.4, -0.2) is 37.6 Å². The maximum absolute atomic E-state index is 12.0. The van der Waals surface area contributed by atoms with Gasteiger partial charge in [-0.3, -0.25) is 0 Å². The lowest BCUT2D eigenvalue weighted by atomic mass is 9.90. The van der Waals surface area contributed by atoms with Gasteiger partial charge in [-0.15, -0.1) is 0 Å². The molecule has 5 nitrogen and oxygen atoms in total. The quantitative estimate of drug-likeness (QED) is 0.895. The molecule has 22 heavy (non-hydrogen) atoms. The summed E-state index contributed by atoms with van der Waals surface area (Å²) in [6, 6.07) is 2.25. The normalized spacial score (nSPS) is 22.6. The van der Waals surface area contributed by atoms with Crippen molar-refractivity contribution >= 4 is 17.4 Å². The second kappa shape index (κ2) is 6.98. The SMILES string of the molecule is CC(CNC(=O)NC1CCC2(CC1)OCCO2)c1ccsc1. The van der Waals surface area contributed by atoms with Crippen LogP contribution in [-0.2, 0) is 9.47 Å². The minimum Gasteiger partial charge on any atom is -0.348 e. The van der Waals surface area contributed by atoms with Gasteiger partial charge in [-0.05, 0) is 41.1 Å². The third kappa shape index (κ3) is 3.80. The molecule has 2 aliphatic rings. The summed E-state index contributed by atoms with van der Waals surface area (Å²) in [4.78, 5) is 12.0. The lowest BCUT2D eigenvalue weighted by Gasteiger charge is -2.35. The number of thiophene rings is 1. The molecule has 1 unspecified atom stereocenters. The van der Waals surface area contributed by atoms with Crippen molar-refractivity contribution in [1.29, 1.82) is 0 Å².